The van der Waals surface area contributed by atoms with Crippen molar-refractivity contribution in [3.05, 3.63) is 0 Å². The molecule has 0 N–H and O–H groups in total. The van der Waals surface area contributed by atoms with Crippen LogP contribution >= 0.6 is 0 Å². The van der Waals surface area contributed by atoms with Gasteiger partial charge in [0.2, 0.25) is 0 Å². The maximum atomic E-state index is 12.3. The van der Waals surface area contributed by atoms with Crippen molar-refractivity contribution in [2.45, 2.75) is 84.0 Å². The van der Waals surface area contributed by atoms with E-state index in [0.717, 1.165) is 12.8 Å². The van der Waals surface area contributed by atoms with Gasteiger partial charge in [0.15, 0.2) is 17.3 Å². The van der Waals surface area contributed by atoms with Gasteiger partial charge in [0.25, 0.3) is 0 Å². The number of carbonyl (C=O) groups excluding carboxylic acids is 4. The minimum atomic E-state index is -1.24. The van der Waals surface area contributed by atoms with Crippen LogP contribution in [0.4, 0.5) is 0 Å². The number of Topliss-reactive ketones (excluding diaryl/α,β-unsaturated/α-hetero) is 3. The van der Waals surface area contributed by atoms with Gasteiger partial charge in [-0.25, -0.2) is 0 Å². The third-order valence-electron chi connectivity index (χ3n) is 4.96. The van der Waals surface area contributed by atoms with Gasteiger partial charge < -0.3 is 4.74 Å². The average Bonchev–Trinajstić information content (AvgIpc) is 2.59. The molecule has 0 aromatic carbocycles. The summed E-state index contributed by atoms with van der Waals surface area (Å²) in [4.78, 5) is 48.2. The number of hydrogen-bond acceptors (Lipinski definition) is 5. The van der Waals surface area contributed by atoms with Crippen molar-refractivity contribution in [1.29, 1.82) is 0 Å². The lowest BCUT2D eigenvalue weighted by Crippen LogP contribution is -2.43. The third-order valence-corrected chi connectivity index (χ3v) is 4.96. The van der Waals surface area contributed by atoms with Crippen LogP contribution in [-0.2, 0) is 23.9 Å². The number of ketones is 3. The smallest absolute Gasteiger partial charge is 0.316 e. The van der Waals surface area contributed by atoms with Crippen molar-refractivity contribution in [3.8, 4) is 0 Å². The van der Waals surface area contributed by atoms with Crippen LogP contribution in [-0.4, -0.2) is 30.4 Å². The summed E-state index contributed by atoms with van der Waals surface area (Å²) in [5.74, 6) is -4.08. The third kappa shape index (κ3) is 7.09. The minimum absolute atomic E-state index is 0.0969. The molecule has 0 heterocycles. The fraction of sp³-hybridized carbons (Fsp3) is 0.800. The van der Waals surface area contributed by atoms with Gasteiger partial charge in [-0.2, -0.15) is 0 Å². The molecule has 1 aliphatic carbocycles. The zero-order valence-electron chi connectivity index (χ0n) is 15.7. The Labute approximate surface area is 150 Å². The van der Waals surface area contributed by atoms with Gasteiger partial charge >= 0.3 is 5.97 Å². The van der Waals surface area contributed by atoms with Crippen LogP contribution in [0.2, 0.25) is 0 Å². The molecule has 5 heteroatoms. The molecule has 5 nitrogen and oxygen atoms in total. The van der Waals surface area contributed by atoms with Gasteiger partial charge in [0, 0.05) is 12.8 Å². The lowest BCUT2D eigenvalue weighted by Gasteiger charge is -2.24. The fourth-order valence-electron chi connectivity index (χ4n) is 3.40. The van der Waals surface area contributed by atoms with Crippen LogP contribution in [0, 0.1) is 11.8 Å². The normalized spacial score (nSPS) is 20.6. The molecule has 0 aromatic heterocycles. The second kappa shape index (κ2) is 11.9. The van der Waals surface area contributed by atoms with Crippen LogP contribution in [0.1, 0.15) is 84.0 Å². The molecule has 0 amide bonds. The molecule has 1 fully saturated rings. The molecule has 25 heavy (non-hydrogen) atoms. The highest BCUT2D eigenvalue weighted by molar-refractivity contribution is 6.24. The Bertz CT molecular complexity index is 469. The number of ether oxygens (including phenoxy) is 1. The zero-order chi connectivity index (χ0) is 18.7. The first kappa shape index (κ1) is 21.5. The first-order valence-electron chi connectivity index (χ1n) is 9.69. The van der Waals surface area contributed by atoms with Gasteiger partial charge in [-0.15, -0.1) is 0 Å². The van der Waals surface area contributed by atoms with Gasteiger partial charge in [0.05, 0.1) is 7.11 Å². The quantitative estimate of drug-likeness (QED) is 0.303. The number of unbranched alkanes of at least 4 members (excludes halogenated alkanes) is 8. The number of hydrogen-bond donors (Lipinski definition) is 0. The van der Waals surface area contributed by atoms with Crippen LogP contribution in [0.15, 0.2) is 0 Å². The summed E-state index contributed by atoms with van der Waals surface area (Å²) in [7, 11) is 1.21. The molecule has 0 saturated heterocycles. The molecule has 1 aliphatic rings. The zero-order valence-corrected chi connectivity index (χ0v) is 15.7. The van der Waals surface area contributed by atoms with E-state index in [1.54, 1.807) is 0 Å². The predicted molar refractivity (Wildman–Crippen MR) is 95.1 cm³/mol. The molecular formula is C20H32O5. The topological polar surface area (TPSA) is 77.5 Å². The van der Waals surface area contributed by atoms with E-state index in [1.807, 2.05) is 0 Å². The Kier molecular flexibility index (Phi) is 10.3. The lowest BCUT2D eigenvalue weighted by molar-refractivity contribution is -0.154. The summed E-state index contributed by atoms with van der Waals surface area (Å²) >= 11 is 0. The molecule has 0 unspecified atom stereocenters. The molecular weight excluding hydrogens is 320 g/mol. The highest BCUT2D eigenvalue weighted by Crippen LogP contribution is 2.26. The van der Waals surface area contributed by atoms with Crippen molar-refractivity contribution in [2.24, 2.45) is 11.8 Å². The Morgan fingerprint density at radius 1 is 0.960 bits per heavy atom. The van der Waals surface area contributed by atoms with Crippen molar-refractivity contribution < 1.29 is 23.9 Å². The van der Waals surface area contributed by atoms with Crippen molar-refractivity contribution in [1.82, 2.24) is 0 Å². The first-order chi connectivity index (χ1) is 12.0. The van der Waals surface area contributed by atoms with E-state index in [9.17, 15) is 19.2 Å². The number of esters is 1. The first-order valence-corrected chi connectivity index (χ1v) is 9.69. The highest BCUT2D eigenvalue weighted by atomic mass is 16.5. The standard InChI is InChI=1S/C20H32O5/c1-3-4-5-6-7-8-9-10-11-12-16(21)18-17(22)14-13-15(19(18)23)20(24)25-2/h15,18H,3-14H2,1-2H3/t15-,18-/m1/s1. The van der Waals surface area contributed by atoms with E-state index in [4.69, 9.17) is 0 Å². The van der Waals surface area contributed by atoms with Crippen molar-refractivity contribution in [2.75, 3.05) is 7.11 Å². The molecule has 0 spiro atoms. The summed E-state index contributed by atoms with van der Waals surface area (Å²) < 4.78 is 4.60. The Morgan fingerprint density at radius 2 is 1.52 bits per heavy atom. The van der Waals surface area contributed by atoms with E-state index in [0.29, 0.717) is 6.42 Å². The van der Waals surface area contributed by atoms with E-state index in [-0.39, 0.29) is 30.8 Å². The average molecular weight is 352 g/mol. The lowest BCUT2D eigenvalue weighted by atomic mass is 9.76. The monoisotopic (exact) mass is 352 g/mol. The van der Waals surface area contributed by atoms with Crippen LogP contribution in [0.3, 0.4) is 0 Å². The maximum absolute atomic E-state index is 12.3. The Balaban J connectivity index is 2.29. The fourth-order valence-corrected chi connectivity index (χ4v) is 3.40. The van der Waals surface area contributed by atoms with E-state index in [2.05, 4.69) is 11.7 Å². The van der Waals surface area contributed by atoms with Gasteiger partial charge in [-0.3, -0.25) is 19.2 Å². The molecule has 0 aliphatic heterocycles. The molecule has 2 atom stereocenters. The highest BCUT2D eigenvalue weighted by Gasteiger charge is 2.44. The molecule has 0 bridgehead atoms. The van der Waals surface area contributed by atoms with Gasteiger partial charge in [0.1, 0.15) is 11.8 Å². The van der Waals surface area contributed by atoms with Gasteiger partial charge in [-0.05, 0) is 12.8 Å². The van der Waals surface area contributed by atoms with E-state index in [1.165, 1.54) is 45.6 Å². The van der Waals surface area contributed by atoms with Crippen molar-refractivity contribution in [3.63, 3.8) is 0 Å². The molecule has 1 rings (SSSR count). The second-order valence-corrected chi connectivity index (χ2v) is 6.96. The summed E-state index contributed by atoms with van der Waals surface area (Å²) in [5, 5.41) is 0. The molecule has 0 radical (unpaired) electrons. The van der Waals surface area contributed by atoms with E-state index < -0.39 is 23.6 Å². The SMILES string of the molecule is CCCCCCCCCCCC(=O)[C@@H]1C(=O)CC[C@@H](C(=O)OC)C1=O. The minimum Gasteiger partial charge on any atom is -0.468 e. The largest absolute Gasteiger partial charge is 0.468 e. The molecule has 1 saturated carbocycles. The van der Waals surface area contributed by atoms with Gasteiger partial charge in [-0.1, -0.05) is 58.3 Å². The van der Waals surface area contributed by atoms with Crippen LogP contribution in [0.5, 0.6) is 0 Å². The number of rotatable bonds is 12. The Hall–Kier alpha value is -1.52. The van der Waals surface area contributed by atoms with E-state index >= 15 is 0 Å². The summed E-state index contributed by atoms with van der Waals surface area (Å²) in [5.41, 5.74) is 0. The summed E-state index contributed by atoms with van der Waals surface area (Å²) in [6, 6.07) is 0. The second-order valence-electron chi connectivity index (χ2n) is 6.96. The van der Waals surface area contributed by atoms with Crippen LogP contribution in [0.25, 0.3) is 0 Å². The summed E-state index contributed by atoms with van der Waals surface area (Å²) in [6.07, 6.45) is 10.7. The number of carbonyl (C=O) groups is 4. The Morgan fingerprint density at radius 3 is 2.08 bits per heavy atom. The summed E-state index contributed by atoms with van der Waals surface area (Å²) in [6.45, 7) is 2.20. The number of methoxy groups -OCH3 is 1. The van der Waals surface area contributed by atoms with Crippen LogP contribution < -0.4 is 0 Å². The van der Waals surface area contributed by atoms with Crippen molar-refractivity contribution >= 4 is 23.3 Å². The predicted octanol–water partition coefficient (Wildman–Crippen LogP) is 3.81. The maximum Gasteiger partial charge on any atom is 0.316 e. The molecule has 142 valence electrons. The molecule has 0 aromatic rings.